The lowest BCUT2D eigenvalue weighted by molar-refractivity contribution is 0.206. The molecular weight excluding hydrogens is 378 g/mol. The van der Waals surface area contributed by atoms with Gasteiger partial charge < -0.3 is 0 Å². The van der Waals surface area contributed by atoms with Gasteiger partial charge >= 0.3 is 0 Å². The molecule has 0 bridgehead atoms. The molecule has 26 heavy (non-hydrogen) atoms. The van der Waals surface area contributed by atoms with Gasteiger partial charge in [0.25, 0.3) is 0 Å². The molecule has 1 aromatic heterocycles. The first-order valence-electron chi connectivity index (χ1n) is 8.68. The van der Waals surface area contributed by atoms with E-state index < -0.39 is 26.6 Å². The third-order valence-corrected chi connectivity index (χ3v) is 6.80. The third-order valence-electron chi connectivity index (χ3n) is 4.66. The van der Waals surface area contributed by atoms with Gasteiger partial charge in [0, 0.05) is 12.6 Å². The summed E-state index contributed by atoms with van der Waals surface area (Å²) in [6.07, 6.45) is 4.50. The Morgan fingerprint density at radius 3 is 2.50 bits per heavy atom. The van der Waals surface area contributed by atoms with Crippen molar-refractivity contribution in [2.45, 2.75) is 36.6 Å². The fourth-order valence-corrected chi connectivity index (χ4v) is 5.11. The van der Waals surface area contributed by atoms with Crippen LogP contribution in [-0.2, 0) is 10.0 Å². The summed E-state index contributed by atoms with van der Waals surface area (Å²) in [5.74, 6) is -1.74. The highest BCUT2D eigenvalue weighted by Gasteiger charge is 2.26. The van der Waals surface area contributed by atoms with Crippen molar-refractivity contribution in [2.24, 2.45) is 0 Å². The van der Waals surface area contributed by atoms with Crippen LogP contribution in [0.2, 0.25) is 0 Å². The van der Waals surface area contributed by atoms with Crippen molar-refractivity contribution in [1.29, 1.82) is 0 Å². The number of thiophene rings is 1. The van der Waals surface area contributed by atoms with Crippen LogP contribution in [0.15, 0.2) is 39.9 Å². The summed E-state index contributed by atoms with van der Waals surface area (Å²) in [5, 5.41) is 3.97. The van der Waals surface area contributed by atoms with E-state index in [4.69, 9.17) is 0 Å². The summed E-state index contributed by atoms with van der Waals surface area (Å²) < 4.78 is 54.7. The summed E-state index contributed by atoms with van der Waals surface area (Å²) in [7, 11) is -4.14. The smallest absolute Gasteiger partial charge is 0.243 e. The van der Waals surface area contributed by atoms with Crippen LogP contribution in [0.5, 0.6) is 0 Å². The molecule has 0 radical (unpaired) electrons. The van der Waals surface area contributed by atoms with Crippen LogP contribution >= 0.6 is 11.3 Å². The summed E-state index contributed by atoms with van der Waals surface area (Å²) in [6, 6.07) is 4.31. The second-order valence-electron chi connectivity index (χ2n) is 6.45. The van der Waals surface area contributed by atoms with Crippen LogP contribution < -0.4 is 4.72 Å². The second-order valence-corrected chi connectivity index (χ2v) is 8.96. The lowest BCUT2D eigenvalue weighted by atomic mass is 10.1. The molecule has 0 amide bonds. The van der Waals surface area contributed by atoms with Crippen molar-refractivity contribution >= 4 is 21.4 Å². The normalized spacial score (nSPS) is 17.8. The number of nitrogens with one attached hydrogen (secondary N) is 1. The number of likely N-dealkylation sites (tertiary alicyclic amines) is 1. The van der Waals surface area contributed by atoms with Crippen molar-refractivity contribution < 1.29 is 17.2 Å². The molecule has 2 heterocycles. The molecule has 4 nitrogen and oxygen atoms in total. The Labute approximate surface area is 156 Å². The maximum atomic E-state index is 13.9. The summed E-state index contributed by atoms with van der Waals surface area (Å²) in [4.78, 5) is 1.62. The number of hydrogen-bond acceptors (Lipinski definition) is 4. The maximum Gasteiger partial charge on any atom is 0.243 e. The molecule has 1 aliphatic rings. The molecule has 1 aromatic carbocycles. The third kappa shape index (κ3) is 4.68. The van der Waals surface area contributed by atoms with E-state index in [0.29, 0.717) is 6.07 Å². The molecule has 0 spiro atoms. The van der Waals surface area contributed by atoms with Gasteiger partial charge in [-0.25, -0.2) is 21.9 Å². The number of halogens is 2. The zero-order valence-electron chi connectivity index (χ0n) is 14.3. The van der Waals surface area contributed by atoms with E-state index in [9.17, 15) is 17.2 Å². The number of benzene rings is 1. The summed E-state index contributed by atoms with van der Waals surface area (Å²) in [6.45, 7) is 1.92. The van der Waals surface area contributed by atoms with Gasteiger partial charge in [0.05, 0.1) is 0 Å². The topological polar surface area (TPSA) is 49.4 Å². The maximum absolute atomic E-state index is 13.9. The van der Waals surface area contributed by atoms with Gasteiger partial charge in [-0.1, -0.05) is 12.8 Å². The van der Waals surface area contributed by atoms with Crippen LogP contribution in [0.25, 0.3) is 0 Å². The standard InChI is InChI=1S/C18H22F2N2O2S2/c19-15-5-6-16(20)18(11-15)26(23,24)21-12-17(14-7-10-25-13-14)22-8-3-1-2-4-9-22/h5-7,10-11,13,17,21H,1-4,8-9,12H2/t17-/m1/s1. The van der Waals surface area contributed by atoms with Gasteiger partial charge in [0.1, 0.15) is 16.5 Å². The molecule has 3 rings (SSSR count). The number of rotatable bonds is 6. The zero-order valence-corrected chi connectivity index (χ0v) is 16.0. The molecule has 0 aliphatic carbocycles. The van der Waals surface area contributed by atoms with Gasteiger partial charge in [-0.05, 0) is 66.5 Å². The SMILES string of the molecule is O=S(=O)(NC[C@H](c1ccsc1)N1CCCCCC1)c1cc(F)ccc1F. The average Bonchev–Trinajstić information content (AvgIpc) is 3.00. The number of nitrogens with zero attached hydrogens (tertiary/aromatic N) is 1. The fourth-order valence-electron chi connectivity index (χ4n) is 3.28. The Hall–Kier alpha value is -1.35. The molecule has 0 saturated carbocycles. The van der Waals surface area contributed by atoms with Crippen molar-refractivity contribution in [3.8, 4) is 0 Å². The van der Waals surface area contributed by atoms with E-state index in [1.165, 1.54) is 12.8 Å². The molecule has 1 N–H and O–H groups in total. The molecular formula is C18H22F2N2O2S2. The van der Waals surface area contributed by atoms with Gasteiger partial charge in [0.15, 0.2) is 0 Å². The summed E-state index contributed by atoms with van der Waals surface area (Å²) in [5.41, 5.74) is 1.04. The lowest BCUT2D eigenvalue weighted by Crippen LogP contribution is -2.38. The molecule has 1 atom stereocenters. The van der Waals surface area contributed by atoms with E-state index in [1.807, 2.05) is 16.8 Å². The average molecular weight is 401 g/mol. The molecule has 1 fully saturated rings. The highest BCUT2D eigenvalue weighted by Crippen LogP contribution is 2.26. The van der Waals surface area contributed by atoms with E-state index in [2.05, 4.69) is 9.62 Å². The second kappa shape index (κ2) is 8.56. The molecule has 2 aromatic rings. The minimum absolute atomic E-state index is 0.120. The molecule has 1 saturated heterocycles. The first-order chi connectivity index (χ1) is 12.5. The van der Waals surface area contributed by atoms with Gasteiger partial charge in [0.2, 0.25) is 10.0 Å². The van der Waals surface area contributed by atoms with Crippen molar-refractivity contribution in [3.63, 3.8) is 0 Å². The minimum atomic E-state index is -4.14. The molecule has 142 valence electrons. The molecule has 8 heteroatoms. The van der Waals surface area contributed by atoms with Crippen molar-refractivity contribution in [3.05, 3.63) is 52.2 Å². The van der Waals surface area contributed by atoms with Crippen LogP contribution in [-0.4, -0.2) is 33.0 Å². The van der Waals surface area contributed by atoms with E-state index in [0.717, 1.165) is 43.6 Å². The Bertz CT molecular complexity index is 818. The molecule has 0 unspecified atom stereocenters. The van der Waals surface area contributed by atoms with Crippen molar-refractivity contribution in [2.75, 3.05) is 19.6 Å². The van der Waals surface area contributed by atoms with Gasteiger partial charge in [-0.2, -0.15) is 11.3 Å². The molecule has 1 aliphatic heterocycles. The summed E-state index contributed by atoms with van der Waals surface area (Å²) >= 11 is 1.56. The van der Waals surface area contributed by atoms with Crippen molar-refractivity contribution in [1.82, 2.24) is 9.62 Å². The monoisotopic (exact) mass is 400 g/mol. The van der Waals surface area contributed by atoms with E-state index >= 15 is 0 Å². The predicted octanol–water partition coefficient (Wildman–Crippen LogP) is 3.92. The Morgan fingerprint density at radius 2 is 1.85 bits per heavy atom. The highest BCUT2D eigenvalue weighted by molar-refractivity contribution is 7.89. The van der Waals surface area contributed by atoms with Crippen LogP contribution in [0, 0.1) is 11.6 Å². The van der Waals surface area contributed by atoms with E-state index in [1.54, 1.807) is 11.3 Å². The Kier molecular flexibility index (Phi) is 6.39. The number of hydrogen-bond donors (Lipinski definition) is 1. The quantitative estimate of drug-likeness (QED) is 0.800. The van der Waals surface area contributed by atoms with E-state index in [-0.39, 0.29) is 12.6 Å². The van der Waals surface area contributed by atoms with Crippen LogP contribution in [0.3, 0.4) is 0 Å². The largest absolute Gasteiger partial charge is 0.295 e. The fraction of sp³-hybridized carbons (Fsp3) is 0.444. The lowest BCUT2D eigenvalue weighted by Gasteiger charge is -2.30. The van der Waals surface area contributed by atoms with Crippen LogP contribution in [0.4, 0.5) is 8.78 Å². The van der Waals surface area contributed by atoms with Crippen LogP contribution in [0.1, 0.15) is 37.3 Å². The Morgan fingerprint density at radius 1 is 1.12 bits per heavy atom. The first kappa shape index (κ1) is 19.4. The Balaban J connectivity index is 1.79. The van der Waals surface area contributed by atoms with Gasteiger partial charge in [-0.15, -0.1) is 0 Å². The van der Waals surface area contributed by atoms with Gasteiger partial charge in [-0.3, -0.25) is 4.90 Å². The number of sulfonamides is 1. The highest BCUT2D eigenvalue weighted by atomic mass is 32.2. The predicted molar refractivity (Wildman–Crippen MR) is 98.6 cm³/mol. The minimum Gasteiger partial charge on any atom is -0.295 e. The zero-order chi connectivity index (χ0) is 18.6. The first-order valence-corrected chi connectivity index (χ1v) is 11.1.